The Kier molecular flexibility index (Phi) is 6.27. The first-order valence-electron chi connectivity index (χ1n) is 8.27. The lowest BCUT2D eigenvalue weighted by molar-refractivity contribution is 0.108. The van der Waals surface area contributed by atoms with Gasteiger partial charge in [-0.3, -0.25) is 4.79 Å². The van der Waals surface area contributed by atoms with Crippen LogP contribution >= 0.6 is 23.2 Å². The minimum Gasteiger partial charge on any atom is -0.467 e. The molecule has 0 saturated carbocycles. The molecule has 0 unspecified atom stereocenters. The molecule has 27 heavy (non-hydrogen) atoms. The molecule has 0 saturated heterocycles. The van der Waals surface area contributed by atoms with E-state index in [4.69, 9.17) is 27.9 Å². The highest BCUT2D eigenvalue weighted by Gasteiger charge is 2.09. The summed E-state index contributed by atoms with van der Waals surface area (Å²) in [6, 6.07) is 16.7. The van der Waals surface area contributed by atoms with Crippen molar-refractivity contribution < 1.29 is 9.53 Å². The maximum absolute atomic E-state index is 11.4. The molecule has 1 aromatic heterocycles. The standard InChI is InChI=1S/C20H17Cl2N3O2/c1-27-20-24-17(14-3-2-4-15(11-14)19(22)26)12-18(25-20)23-10-9-13-5-7-16(21)8-6-13/h2-8,11-12H,9-10H2,1H3,(H,23,24,25). The monoisotopic (exact) mass is 401 g/mol. The molecule has 0 radical (unpaired) electrons. The number of methoxy groups -OCH3 is 1. The van der Waals surface area contributed by atoms with Gasteiger partial charge in [-0.15, -0.1) is 0 Å². The van der Waals surface area contributed by atoms with Crippen molar-refractivity contribution in [3.63, 3.8) is 0 Å². The van der Waals surface area contributed by atoms with Gasteiger partial charge >= 0.3 is 6.01 Å². The summed E-state index contributed by atoms with van der Waals surface area (Å²) in [5.41, 5.74) is 2.96. The molecule has 0 aliphatic heterocycles. The van der Waals surface area contributed by atoms with Gasteiger partial charge in [0.05, 0.1) is 12.8 Å². The molecule has 0 fully saturated rings. The van der Waals surface area contributed by atoms with Gasteiger partial charge in [-0.2, -0.15) is 9.97 Å². The van der Waals surface area contributed by atoms with Gasteiger partial charge in [-0.1, -0.05) is 41.9 Å². The molecule has 3 aromatic rings. The van der Waals surface area contributed by atoms with Gasteiger partial charge in [0, 0.05) is 28.8 Å². The van der Waals surface area contributed by atoms with E-state index in [2.05, 4.69) is 15.3 Å². The van der Waals surface area contributed by atoms with Gasteiger partial charge in [-0.25, -0.2) is 0 Å². The number of hydrogen-bond donors (Lipinski definition) is 1. The molecule has 0 amide bonds. The lowest BCUT2D eigenvalue weighted by atomic mass is 10.1. The van der Waals surface area contributed by atoms with Crippen LogP contribution in [0.25, 0.3) is 11.3 Å². The third-order valence-corrected chi connectivity index (χ3v) is 4.38. The van der Waals surface area contributed by atoms with Crippen LogP contribution < -0.4 is 10.1 Å². The van der Waals surface area contributed by atoms with Crippen molar-refractivity contribution in [2.75, 3.05) is 19.0 Å². The Morgan fingerprint density at radius 3 is 2.59 bits per heavy atom. The summed E-state index contributed by atoms with van der Waals surface area (Å²) in [7, 11) is 1.51. The quantitative estimate of drug-likeness (QED) is 0.573. The summed E-state index contributed by atoms with van der Waals surface area (Å²) < 4.78 is 5.20. The van der Waals surface area contributed by atoms with Crippen molar-refractivity contribution in [2.24, 2.45) is 0 Å². The molecule has 2 aromatic carbocycles. The molecule has 1 heterocycles. The van der Waals surface area contributed by atoms with Crippen molar-refractivity contribution in [1.29, 1.82) is 0 Å². The third kappa shape index (κ3) is 5.18. The van der Waals surface area contributed by atoms with E-state index in [1.165, 1.54) is 12.7 Å². The van der Waals surface area contributed by atoms with Crippen LogP contribution in [0.3, 0.4) is 0 Å². The zero-order valence-corrected chi connectivity index (χ0v) is 16.1. The topological polar surface area (TPSA) is 64.1 Å². The Bertz CT molecular complexity index is 946. The fourth-order valence-electron chi connectivity index (χ4n) is 2.54. The summed E-state index contributed by atoms with van der Waals surface area (Å²) in [6.45, 7) is 0.682. The Morgan fingerprint density at radius 1 is 1.11 bits per heavy atom. The molecule has 0 aliphatic carbocycles. The second-order valence-electron chi connectivity index (χ2n) is 5.78. The number of rotatable bonds is 7. The van der Waals surface area contributed by atoms with Crippen molar-refractivity contribution in [1.82, 2.24) is 9.97 Å². The molecular formula is C20H17Cl2N3O2. The van der Waals surface area contributed by atoms with Crippen LogP contribution in [-0.4, -0.2) is 28.9 Å². The minimum absolute atomic E-state index is 0.240. The molecule has 0 bridgehead atoms. The van der Waals surface area contributed by atoms with Gasteiger partial charge in [0.2, 0.25) is 0 Å². The summed E-state index contributed by atoms with van der Waals surface area (Å²) in [5.74, 6) is 0.633. The third-order valence-electron chi connectivity index (χ3n) is 3.91. The molecule has 0 atom stereocenters. The molecule has 7 heteroatoms. The van der Waals surface area contributed by atoms with E-state index in [1.54, 1.807) is 18.2 Å². The number of anilines is 1. The average Bonchev–Trinajstić information content (AvgIpc) is 2.69. The fraction of sp³-hybridized carbons (Fsp3) is 0.150. The fourth-order valence-corrected chi connectivity index (χ4v) is 2.79. The van der Waals surface area contributed by atoms with Gasteiger partial charge in [-0.05, 0) is 41.8 Å². The van der Waals surface area contributed by atoms with E-state index in [-0.39, 0.29) is 6.01 Å². The Hall–Kier alpha value is -2.63. The number of nitrogens with one attached hydrogen (secondary N) is 1. The first kappa shape index (κ1) is 19.1. The average molecular weight is 402 g/mol. The summed E-state index contributed by atoms with van der Waals surface area (Å²) in [4.78, 5) is 20.1. The van der Waals surface area contributed by atoms with E-state index in [0.717, 1.165) is 17.0 Å². The van der Waals surface area contributed by atoms with Crippen molar-refractivity contribution in [3.05, 3.63) is 70.7 Å². The lowest BCUT2D eigenvalue weighted by Crippen LogP contribution is -2.08. The van der Waals surface area contributed by atoms with E-state index in [1.807, 2.05) is 36.4 Å². The van der Waals surface area contributed by atoms with Crippen LogP contribution in [0.4, 0.5) is 5.82 Å². The predicted octanol–water partition coefficient (Wildman–Crippen LogP) is 4.84. The summed E-state index contributed by atoms with van der Waals surface area (Å²) >= 11 is 11.5. The smallest absolute Gasteiger partial charge is 0.318 e. The van der Waals surface area contributed by atoms with Gasteiger partial charge < -0.3 is 10.1 Å². The normalized spacial score (nSPS) is 10.5. The number of benzene rings is 2. The molecule has 0 spiro atoms. The summed E-state index contributed by atoms with van der Waals surface area (Å²) in [6.07, 6.45) is 0.815. The lowest BCUT2D eigenvalue weighted by Gasteiger charge is -2.10. The first-order valence-corrected chi connectivity index (χ1v) is 9.02. The van der Waals surface area contributed by atoms with Crippen LogP contribution in [0.1, 0.15) is 15.9 Å². The van der Waals surface area contributed by atoms with Crippen LogP contribution in [0.15, 0.2) is 54.6 Å². The Morgan fingerprint density at radius 2 is 1.89 bits per heavy atom. The Balaban J connectivity index is 1.78. The molecular weight excluding hydrogens is 385 g/mol. The molecule has 0 aliphatic rings. The second-order valence-corrected chi connectivity index (χ2v) is 6.56. The number of carbonyl (C=O) groups excluding carboxylic acids is 1. The predicted molar refractivity (Wildman–Crippen MR) is 108 cm³/mol. The number of aromatic nitrogens is 2. The van der Waals surface area contributed by atoms with E-state index in [0.29, 0.717) is 23.6 Å². The number of ether oxygens (including phenoxy) is 1. The van der Waals surface area contributed by atoms with Crippen LogP contribution in [0, 0.1) is 0 Å². The van der Waals surface area contributed by atoms with Gasteiger partial charge in [0.25, 0.3) is 5.24 Å². The second kappa shape index (κ2) is 8.84. The SMILES string of the molecule is COc1nc(NCCc2ccc(Cl)cc2)cc(-c2cccc(C(=O)Cl)c2)n1. The molecule has 3 rings (SSSR count). The summed E-state index contributed by atoms with van der Waals surface area (Å²) in [5, 5.41) is 3.48. The van der Waals surface area contributed by atoms with E-state index < -0.39 is 5.24 Å². The maximum atomic E-state index is 11.4. The Labute approximate surface area is 167 Å². The van der Waals surface area contributed by atoms with Gasteiger partial charge in [0.1, 0.15) is 5.82 Å². The number of carbonyl (C=O) groups is 1. The first-order chi connectivity index (χ1) is 13.0. The van der Waals surface area contributed by atoms with Crippen molar-refractivity contribution >= 4 is 34.3 Å². The number of nitrogens with zero attached hydrogens (tertiary/aromatic N) is 2. The zero-order valence-electron chi connectivity index (χ0n) is 14.6. The van der Waals surface area contributed by atoms with Crippen LogP contribution in [0.5, 0.6) is 6.01 Å². The molecule has 5 nitrogen and oxygen atoms in total. The minimum atomic E-state index is -0.515. The maximum Gasteiger partial charge on any atom is 0.318 e. The molecule has 1 N–H and O–H groups in total. The highest BCUT2D eigenvalue weighted by atomic mass is 35.5. The highest BCUT2D eigenvalue weighted by molar-refractivity contribution is 6.67. The van der Waals surface area contributed by atoms with Crippen molar-refractivity contribution in [2.45, 2.75) is 6.42 Å². The van der Waals surface area contributed by atoms with Crippen molar-refractivity contribution in [3.8, 4) is 17.3 Å². The van der Waals surface area contributed by atoms with E-state index >= 15 is 0 Å². The highest BCUT2D eigenvalue weighted by Crippen LogP contribution is 2.24. The number of hydrogen-bond acceptors (Lipinski definition) is 5. The zero-order chi connectivity index (χ0) is 19.2. The van der Waals surface area contributed by atoms with Crippen LogP contribution in [0.2, 0.25) is 5.02 Å². The largest absolute Gasteiger partial charge is 0.467 e. The van der Waals surface area contributed by atoms with E-state index in [9.17, 15) is 4.79 Å². The molecule has 138 valence electrons. The van der Waals surface area contributed by atoms with Crippen LogP contribution in [-0.2, 0) is 6.42 Å². The number of halogens is 2. The van der Waals surface area contributed by atoms with Gasteiger partial charge in [0.15, 0.2) is 0 Å².